The van der Waals surface area contributed by atoms with Gasteiger partial charge in [0.25, 0.3) is 0 Å². The van der Waals surface area contributed by atoms with E-state index in [-0.39, 0.29) is 17.5 Å². The Morgan fingerprint density at radius 2 is 1.68 bits per heavy atom. The molecular formula is C21H28N2O4S. The predicted octanol–water partition coefficient (Wildman–Crippen LogP) is 4.41. The molecule has 0 saturated carbocycles. The number of carbonyl (C=O) groups is 1. The molecule has 0 atom stereocenters. The first-order chi connectivity index (χ1) is 13.2. The summed E-state index contributed by atoms with van der Waals surface area (Å²) >= 11 is 0. The number of nitrogens with one attached hydrogen (secondary N) is 1. The van der Waals surface area contributed by atoms with Crippen LogP contribution < -0.4 is 9.50 Å². The van der Waals surface area contributed by atoms with Crippen molar-refractivity contribution < 1.29 is 17.4 Å². The van der Waals surface area contributed by atoms with Gasteiger partial charge in [0.05, 0.1) is 5.75 Å². The molecule has 152 valence electrons. The Bertz CT molecular complexity index is 876. The van der Waals surface area contributed by atoms with Gasteiger partial charge in [0.1, 0.15) is 5.75 Å². The summed E-state index contributed by atoms with van der Waals surface area (Å²) in [5, 5.41) is 2.93. The van der Waals surface area contributed by atoms with Gasteiger partial charge in [-0.1, -0.05) is 43.7 Å². The Morgan fingerprint density at radius 1 is 1.07 bits per heavy atom. The third-order valence-corrected chi connectivity index (χ3v) is 5.20. The molecule has 0 spiro atoms. The number of urea groups is 1. The second-order valence-electron chi connectivity index (χ2n) is 7.14. The Morgan fingerprint density at radius 3 is 2.21 bits per heavy atom. The molecule has 2 aromatic rings. The second-order valence-corrected chi connectivity index (χ2v) is 9.00. The number of hydrogen-bond acceptors (Lipinski definition) is 4. The van der Waals surface area contributed by atoms with Crippen molar-refractivity contribution in [1.82, 2.24) is 4.90 Å². The summed E-state index contributed by atoms with van der Waals surface area (Å²) < 4.78 is 28.1. The zero-order valence-electron chi connectivity index (χ0n) is 16.8. The molecule has 0 aromatic heterocycles. The molecule has 6 nitrogen and oxygen atoms in total. The molecule has 28 heavy (non-hydrogen) atoms. The predicted molar refractivity (Wildman–Crippen MR) is 112 cm³/mol. The quantitative estimate of drug-likeness (QED) is 0.661. The van der Waals surface area contributed by atoms with Gasteiger partial charge in [-0.25, -0.2) is 4.79 Å². The van der Waals surface area contributed by atoms with Crippen LogP contribution in [0.15, 0.2) is 48.5 Å². The Hall–Kier alpha value is -2.54. The van der Waals surface area contributed by atoms with Crippen LogP contribution in [0, 0.1) is 12.8 Å². The highest BCUT2D eigenvalue weighted by Crippen LogP contribution is 2.17. The standard InChI is InChI=1S/C21H28N2O4S/c1-5-28(25,26)27-20-12-8-18(9-13-20)15-23(14-16(2)3)21(24)22-19-10-6-17(4)7-11-19/h6-13,16H,5,14-15H2,1-4H3,(H,22,24). The fraction of sp³-hybridized carbons (Fsp3) is 0.381. The molecule has 0 saturated heterocycles. The molecule has 0 heterocycles. The molecule has 0 bridgehead atoms. The zero-order chi connectivity index (χ0) is 20.7. The third kappa shape index (κ3) is 6.88. The largest absolute Gasteiger partial charge is 0.382 e. The summed E-state index contributed by atoms with van der Waals surface area (Å²) in [5.74, 6) is 0.488. The van der Waals surface area contributed by atoms with E-state index >= 15 is 0 Å². The summed E-state index contributed by atoms with van der Waals surface area (Å²) in [6.07, 6.45) is 0. The highest BCUT2D eigenvalue weighted by Gasteiger charge is 2.16. The van der Waals surface area contributed by atoms with Crippen LogP contribution in [0.3, 0.4) is 0 Å². The van der Waals surface area contributed by atoms with Crippen LogP contribution in [0.2, 0.25) is 0 Å². The van der Waals surface area contributed by atoms with E-state index in [2.05, 4.69) is 19.2 Å². The minimum atomic E-state index is -3.55. The fourth-order valence-electron chi connectivity index (χ4n) is 2.58. The Balaban J connectivity index is 2.08. The van der Waals surface area contributed by atoms with Gasteiger partial charge in [-0.3, -0.25) is 0 Å². The molecule has 2 amide bonds. The maximum Gasteiger partial charge on any atom is 0.322 e. The van der Waals surface area contributed by atoms with Gasteiger partial charge in [-0.15, -0.1) is 0 Å². The summed E-state index contributed by atoms with van der Waals surface area (Å²) in [6, 6.07) is 14.2. The molecule has 1 N–H and O–H groups in total. The molecule has 7 heteroatoms. The van der Waals surface area contributed by atoms with Crippen molar-refractivity contribution in [1.29, 1.82) is 0 Å². The number of aryl methyl sites for hydroxylation is 1. The van der Waals surface area contributed by atoms with E-state index < -0.39 is 10.1 Å². The number of benzene rings is 2. The molecule has 0 aliphatic carbocycles. The van der Waals surface area contributed by atoms with Crippen molar-refractivity contribution in [3.63, 3.8) is 0 Å². The lowest BCUT2D eigenvalue weighted by molar-refractivity contribution is 0.201. The molecule has 0 aliphatic rings. The van der Waals surface area contributed by atoms with E-state index in [1.165, 1.54) is 6.92 Å². The van der Waals surface area contributed by atoms with Crippen molar-refractivity contribution in [3.05, 3.63) is 59.7 Å². The van der Waals surface area contributed by atoms with Gasteiger partial charge in [0.15, 0.2) is 0 Å². The summed E-state index contributed by atoms with van der Waals surface area (Å²) in [7, 11) is -3.55. The highest BCUT2D eigenvalue weighted by atomic mass is 32.2. The summed E-state index contributed by atoms with van der Waals surface area (Å²) in [5.41, 5.74) is 2.77. The van der Waals surface area contributed by atoms with Crippen molar-refractivity contribution in [2.24, 2.45) is 5.92 Å². The lowest BCUT2D eigenvalue weighted by Gasteiger charge is -2.25. The first kappa shape index (κ1) is 21.8. The third-order valence-electron chi connectivity index (χ3n) is 4.05. The highest BCUT2D eigenvalue weighted by molar-refractivity contribution is 7.87. The number of hydrogen-bond donors (Lipinski definition) is 1. The maximum absolute atomic E-state index is 12.7. The minimum Gasteiger partial charge on any atom is -0.382 e. The van der Waals surface area contributed by atoms with Gasteiger partial charge in [-0.2, -0.15) is 8.42 Å². The number of nitrogens with zero attached hydrogens (tertiary/aromatic N) is 1. The normalized spacial score (nSPS) is 11.3. The van der Waals surface area contributed by atoms with Crippen molar-refractivity contribution in [2.75, 3.05) is 17.6 Å². The topological polar surface area (TPSA) is 75.7 Å². The van der Waals surface area contributed by atoms with Crippen molar-refractivity contribution >= 4 is 21.8 Å². The van der Waals surface area contributed by atoms with E-state index in [9.17, 15) is 13.2 Å². The molecule has 0 fully saturated rings. The van der Waals surface area contributed by atoms with Gasteiger partial charge < -0.3 is 14.4 Å². The lowest BCUT2D eigenvalue weighted by atomic mass is 10.1. The van der Waals surface area contributed by atoms with Crippen LogP contribution in [0.1, 0.15) is 31.9 Å². The first-order valence-electron chi connectivity index (χ1n) is 9.32. The molecule has 0 aliphatic heterocycles. The average Bonchev–Trinajstić information content (AvgIpc) is 2.64. The van der Waals surface area contributed by atoms with Crippen LogP contribution >= 0.6 is 0 Å². The van der Waals surface area contributed by atoms with Crippen LogP contribution in [0.25, 0.3) is 0 Å². The van der Waals surface area contributed by atoms with E-state index in [0.29, 0.717) is 19.0 Å². The lowest BCUT2D eigenvalue weighted by Crippen LogP contribution is -2.37. The molecule has 2 rings (SSSR count). The minimum absolute atomic E-state index is 0.0872. The molecule has 0 unspecified atom stereocenters. The van der Waals surface area contributed by atoms with Crippen LogP contribution in [0.5, 0.6) is 5.75 Å². The average molecular weight is 405 g/mol. The zero-order valence-corrected chi connectivity index (χ0v) is 17.6. The van der Waals surface area contributed by atoms with E-state index in [1.54, 1.807) is 29.2 Å². The SMILES string of the molecule is CCS(=O)(=O)Oc1ccc(CN(CC(C)C)C(=O)Nc2ccc(C)cc2)cc1. The van der Waals surface area contributed by atoms with Crippen molar-refractivity contribution in [3.8, 4) is 5.75 Å². The fourth-order valence-corrected chi connectivity index (χ4v) is 3.10. The monoisotopic (exact) mass is 404 g/mol. The van der Waals surface area contributed by atoms with Crippen LogP contribution in [0.4, 0.5) is 10.5 Å². The Labute approximate surface area is 167 Å². The van der Waals surface area contributed by atoms with E-state index in [1.807, 2.05) is 31.2 Å². The van der Waals surface area contributed by atoms with Crippen LogP contribution in [-0.4, -0.2) is 31.6 Å². The van der Waals surface area contributed by atoms with E-state index in [0.717, 1.165) is 16.8 Å². The Kier molecular flexibility index (Phi) is 7.45. The van der Waals surface area contributed by atoms with Crippen LogP contribution in [-0.2, 0) is 16.7 Å². The first-order valence-corrected chi connectivity index (χ1v) is 10.9. The molecule has 2 aromatic carbocycles. The van der Waals surface area contributed by atoms with Gasteiger partial charge in [-0.05, 0) is 49.6 Å². The van der Waals surface area contributed by atoms with E-state index in [4.69, 9.17) is 4.18 Å². The van der Waals surface area contributed by atoms with Gasteiger partial charge >= 0.3 is 16.1 Å². The summed E-state index contributed by atoms with van der Waals surface area (Å²) in [6.45, 7) is 8.64. The summed E-state index contributed by atoms with van der Waals surface area (Å²) in [4.78, 5) is 14.5. The number of carbonyl (C=O) groups excluding carboxylic acids is 1. The van der Waals surface area contributed by atoms with Crippen molar-refractivity contribution in [2.45, 2.75) is 34.2 Å². The number of anilines is 1. The van der Waals surface area contributed by atoms with Gasteiger partial charge in [0, 0.05) is 18.8 Å². The smallest absolute Gasteiger partial charge is 0.322 e. The molecular weight excluding hydrogens is 376 g/mol. The maximum atomic E-state index is 12.7. The number of rotatable bonds is 8. The molecule has 0 radical (unpaired) electrons. The second kappa shape index (κ2) is 9.59. The van der Waals surface area contributed by atoms with Gasteiger partial charge in [0.2, 0.25) is 0 Å². The number of amides is 2.